The second-order valence-electron chi connectivity index (χ2n) is 11.0. The smallest absolute Gasteiger partial charge is 0.255 e. The molecule has 1 fully saturated rings. The lowest BCUT2D eigenvalue weighted by Gasteiger charge is -2.32. The van der Waals surface area contributed by atoms with Crippen LogP contribution in [0.25, 0.3) is 22.4 Å². The minimum Gasteiger partial charge on any atom is -0.324 e. The van der Waals surface area contributed by atoms with Crippen LogP contribution in [0.15, 0.2) is 104 Å². The fourth-order valence-electron chi connectivity index (χ4n) is 5.13. The van der Waals surface area contributed by atoms with Gasteiger partial charge in [0.1, 0.15) is 0 Å². The molecule has 2 N–H and O–H groups in total. The van der Waals surface area contributed by atoms with Gasteiger partial charge >= 0.3 is 0 Å². The van der Waals surface area contributed by atoms with Crippen molar-refractivity contribution >= 4 is 23.2 Å². The molecule has 1 aliphatic rings. The lowest BCUT2D eigenvalue weighted by molar-refractivity contribution is 0.102. The van der Waals surface area contributed by atoms with E-state index in [2.05, 4.69) is 55.6 Å². The number of likely N-dealkylation sites (N-methyl/N-ethyl adjacent to an activating group) is 1. The molecule has 2 aromatic heterocycles. The van der Waals surface area contributed by atoms with Crippen molar-refractivity contribution in [2.24, 2.45) is 0 Å². The summed E-state index contributed by atoms with van der Waals surface area (Å²) in [6.45, 7) is 7.22. The summed E-state index contributed by atoms with van der Waals surface area (Å²) < 4.78 is 0. The van der Waals surface area contributed by atoms with E-state index in [1.54, 1.807) is 12.4 Å². The molecule has 6 rings (SSSR count). The highest BCUT2D eigenvalue weighted by molar-refractivity contribution is 6.04. The van der Waals surface area contributed by atoms with Crippen LogP contribution in [0, 0.1) is 6.92 Å². The number of rotatable bonds is 8. The zero-order valence-electron chi connectivity index (χ0n) is 24.5. The zero-order valence-corrected chi connectivity index (χ0v) is 24.5. The molecule has 0 bridgehead atoms. The molecule has 0 unspecified atom stereocenters. The molecule has 43 heavy (non-hydrogen) atoms. The number of nitrogens with zero attached hydrogens (tertiary/aromatic N) is 5. The molecule has 0 saturated carbocycles. The number of amides is 1. The quantitative estimate of drug-likeness (QED) is 0.228. The third-order valence-corrected chi connectivity index (χ3v) is 7.76. The van der Waals surface area contributed by atoms with Crippen LogP contribution >= 0.6 is 0 Å². The van der Waals surface area contributed by atoms with E-state index in [1.807, 2.05) is 79.9 Å². The van der Waals surface area contributed by atoms with Crippen molar-refractivity contribution in [3.05, 3.63) is 120 Å². The van der Waals surface area contributed by atoms with E-state index in [9.17, 15) is 4.79 Å². The summed E-state index contributed by atoms with van der Waals surface area (Å²) in [6.07, 6.45) is 5.39. The first-order chi connectivity index (χ1) is 21.0. The van der Waals surface area contributed by atoms with Crippen LogP contribution in [0.4, 0.5) is 17.3 Å². The summed E-state index contributed by atoms with van der Waals surface area (Å²) in [5.74, 6) is 0.315. The number of pyridine rings is 1. The molecule has 0 aliphatic carbocycles. The highest BCUT2D eigenvalue weighted by atomic mass is 16.1. The highest BCUT2D eigenvalue weighted by Crippen LogP contribution is 2.27. The minimum absolute atomic E-state index is 0.148. The Kier molecular flexibility index (Phi) is 8.49. The van der Waals surface area contributed by atoms with Crippen LogP contribution in [0.1, 0.15) is 21.5 Å². The molecule has 216 valence electrons. The number of carbonyl (C=O) groups excluding carboxylic acids is 1. The first-order valence-corrected chi connectivity index (χ1v) is 14.5. The predicted molar refractivity (Wildman–Crippen MR) is 172 cm³/mol. The Morgan fingerprint density at radius 2 is 1.60 bits per heavy atom. The van der Waals surface area contributed by atoms with Gasteiger partial charge in [-0.25, -0.2) is 9.97 Å². The Hall–Kier alpha value is -4.92. The minimum atomic E-state index is -0.148. The van der Waals surface area contributed by atoms with Gasteiger partial charge in [-0.3, -0.25) is 14.7 Å². The number of aromatic nitrogens is 3. The SMILES string of the molecule is Cc1ccc(NC(=O)c2ccc(CN3CCN(C)CC3)cc2)cc1Nc1nccc(-c2cncc(-c3ccccc3)c2)n1. The highest BCUT2D eigenvalue weighted by Gasteiger charge is 2.15. The summed E-state index contributed by atoms with van der Waals surface area (Å²) in [5.41, 5.74) is 8.14. The lowest BCUT2D eigenvalue weighted by Crippen LogP contribution is -2.43. The topological polar surface area (TPSA) is 86.3 Å². The molecule has 1 aliphatic heterocycles. The van der Waals surface area contributed by atoms with E-state index >= 15 is 0 Å². The molecule has 5 aromatic rings. The van der Waals surface area contributed by atoms with E-state index in [0.717, 1.165) is 66.4 Å². The van der Waals surface area contributed by atoms with Crippen LogP contribution < -0.4 is 10.6 Å². The Balaban J connectivity index is 1.12. The monoisotopic (exact) mass is 569 g/mol. The molecule has 1 saturated heterocycles. The number of benzene rings is 3. The van der Waals surface area contributed by atoms with Gasteiger partial charge in [-0.15, -0.1) is 0 Å². The van der Waals surface area contributed by atoms with Crippen molar-refractivity contribution in [1.82, 2.24) is 24.8 Å². The predicted octanol–water partition coefficient (Wildman–Crippen LogP) is 6.26. The third-order valence-electron chi connectivity index (χ3n) is 7.76. The zero-order chi connectivity index (χ0) is 29.6. The Morgan fingerprint density at radius 3 is 2.40 bits per heavy atom. The second kappa shape index (κ2) is 12.9. The maximum absolute atomic E-state index is 13.1. The Bertz CT molecular complexity index is 1700. The van der Waals surface area contributed by atoms with Crippen LogP contribution in [0.2, 0.25) is 0 Å². The van der Waals surface area contributed by atoms with Gasteiger partial charge in [-0.1, -0.05) is 48.5 Å². The van der Waals surface area contributed by atoms with Gasteiger partial charge in [0.25, 0.3) is 5.91 Å². The number of aryl methyl sites for hydroxylation is 1. The Labute approximate surface area is 252 Å². The van der Waals surface area contributed by atoms with E-state index < -0.39 is 0 Å². The van der Waals surface area contributed by atoms with Gasteiger partial charge in [0.05, 0.1) is 5.69 Å². The summed E-state index contributed by atoms with van der Waals surface area (Å²) in [5, 5.41) is 6.36. The van der Waals surface area contributed by atoms with E-state index in [1.165, 1.54) is 5.56 Å². The van der Waals surface area contributed by atoms with Crippen molar-refractivity contribution in [3.63, 3.8) is 0 Å². The molecule has 1 amide bonds. The van der Waals surface area contributed by atoms with E-state index in [0.29, 0.717) is 17.2 Å². The largest absolute Gasteiger partial charge is 0.324 e. The molecule has 3 heterocycles. The number of hydrogen-bond donors (Lipinski definition) is 2. The van der Waals surface area contributed by atoms with Crippen molar-refractivity contribution in [2.75, 3.05) is 43.9 Å². The first-order valence-electron chi connectivity index (χ1n) is 14.5. The third kappa shape index (κ3) is 7.12. The average Bonchev–Trinajstić information content (AvgIpc) is 3.05. The van der Waals surface area contributed by atoms with Crippen molar-refractivity contribution < 1.29 is 4.79 Å². The average molecular weight is 570 g/mol. The van der Waals surface area contributed by atoms with Crippen LogP contribution in [0.5, 0.6) is 0 Å². The van der Waals surface area contributed by atoms with Crippen LogP contribution in [0.3, 0.4) is 0 Å². The standard InChI is InChI=1S/C35H35N7O/c1-25-8-13-31(38-34(43)28-11-9-26(10-12-28)24-42-18-16-41(2)17-19-42)21-33(25)40-35-37-15-14-32(39-35)30-20-29(22-36-23-30)27-6-4-3-5-7-27/h3-15,20-23H,16-19,24H2,1-2H3,(H,38,43)(H,37,39,40). The van der Waals surface area contributed by atoms with Crippen molar-refractivity contribution in [3.8, 4) is 22.4 Å². The fourth-order valence-corrected chi connectivity index (χ4v) is 5.13. The normalized spacial score (nSPS) is 13.9. The van der Waals surface area contributed by atoms with Gasteiger partial charge in [0, 0.05) is 79.4 Å². The van der Waals surface area contributed by atoms with E-state index in [4.69, 9.17) is 4.98 Å². The Morgan fingerprint density at radius 1 is 0.837 bits per heavy atom. The molecule has 0 radical (unpaired) electrons. The molecule has 8 heteroatoms. The van der Waals surface area contributed by atoms with Crippen LogP contribution in [-0.2, 0) is 6.54 Å². The van der Waals surface area contributed by atoms with Gasteiger partial charge in [0.15, 0.2) is 0 Å². The van der Waals surface area contributed by atoms with Crippen LogP contribution in [-0.4, -0.2) is 63.9 Å². The summed E-state index contributed by atoms with van der Waals surface area (Å²) in [7, 11) is 2.16. The molecule has 3 aromatic carbocycles. The van der Waals surface area contributed by atoms with E-state index in [-0.39, 0.29) is 5.91 Å². The number of piperazine rings is 1. The van der Waals surface area contributed by atoms with Gasteiger partial charge in [-0.2, -0.15) is 0 Å². The number of hydrogen-bond acceptors (Lipinski definition) is 7. The maximum Gasteiger partial charge on any atom is 0.255 e. The van der Waals surface area contributed by atoms with Gasteiger partial charge < -0.3 is 15.5 Å². The fraction of sp³-hybridized carbons (Fsp3) is 0.200. The molecular weight excluding hydrogens is 534 g/mol. The summed E-state index contributed by atoms with van der Waals surface area (Å²) in [4.78, 5) is 31.5. The molecule has 8 nitrogen and oxygen atoms in total. The number of nitrogens with one attached hydrogen (secondary N) is 2. The summed E-state index contributed by atoms with van der Waals surface area (Å²) >= 11 is 0. The van der Waals surface area contributed by atoms with Crippen molar-refractivity contribution in [2.45, 2.75) is 13.5 Å². The number of anilines is 3. The molecule has 0 spiro atoms. The maximum atomic E-state index is 13.1. The summed E-state index contributed by atoms with van der Waals surface area (Å²) in [6, 6.07) is 27.8. The number of carbonyl (C=O) groups is 1. The second-order valence-corrected chi connectivity index (χ2v) is 11.0. The first kappa shape index (κ1) is 28.2. The molecular formula is C35H35N7O. The van der Waals surface area contributed by atoms with Gasteiger partial charge in [-0.05, 0) is 67.1 Å². The van der Waals surface area contributed by atoms with Crippen molar-refractivity contribution in [1.29, 1.82) is 0 Å². The lowest BCUT2D eigenvalue weighted by atomic mass is 10.1. The molecule has 0 atom stereocenters. The van der Waals surface area contributed by atoms with Gasteiger partial charge in [0.2, 0.25) is 5.95 Å².